The molecule has 0 radical (unpaired) electrons. The van der Waals surface area contributed by atoms with Gasteiger partial charge in [-0.3, -0.25) is 10.1 Å². The lowest BCUT2D eigenvalue weighted by molar-refractivity contribution is -0.212. The van der Waals surface area contributed by atoms with E-state index in [1.807, 2.05) is 5.32 Å². The van der Waals surface area contributed by atoms with Crippen molar-refractivity contribution in [2.45, 2.75) is 12.4 Å². The van der Waals surface area contributed by atoms with Crippen LogP contribution in [0, 0.1) is 0 Å². The molecule has 1 aliphatic heterocycles. The lowest BCUT2D eigenvalue weighted by Crippen LogP contribution is -2.44. The molecule has 0 saturated heterocycles. The maximum Gasteiger partial charge on any atom is 0.427 e. The number of hydrogen-bond acceptors (Lipinski definition) is 4. The third-order valence-electron chi connectivity index (χ3n) is 2.30. The number of rotatable bonds is 4. The molecule has 5 nitrogen and oxygen atoms in total. The van der Waals surface area contributed by atoms with Gasteiger partial charge in [-0.1, -0.05) is 6.08 Å². The molecule has 1 amide bonds. The molecule has 0 saturated carbocycles. The van der Waals surface area contributed by atoms with Gasteiger partial charge in [-0.05, 0) is 11.6 Å². The van der Waals surface area contributed by atoms with E-state index in [2.05, 4.69) is 10.6 Å². The molecule has 0 aromatic heterocycles. The van der Waals surface area contributed by atoms with Gasteiger partial charge in [-0.25, -0.2) is 0 Å². The summed E-state index contributed by atoms with van der Waals surface area (Å²) in [6.45, 7) is 0.127. The molecule has 1 atom stereocenters. The zero-order chi connectivity index (χ0) is 13.8. The number of hydrogen-bond donors (Lipinski definition) is 4. The molecular formula is C10H14F3N3O2. The van der Waals surface area contributed by atoms with E-state index in [1.54, 1.807) is 0 Å². The highest BCUT2D eigenvalue weighted by molar-refractivity contribution is 5.93. The van der Waals surface area contributed by atoms with Crippen molar-refractivity contribution < 1.29 is 23.1 Å². The van der Waals surface area contributed by atoms with Crippen molar-refractivity contribution in [1.29, 1.82) is 0 Å². The van der Waals surface area contributed by atoms with E-state index in [0.717, 1.165) is 0 Å². The van der Waals surface area contributed by atoms with Crippen LogP contribution in [0.15, 0.2) is 23.4 Å². The Morgan fingerprint density at radius 1 is 1.56 bits per heavy atom. The number of nitrogens with one attached hydrogen (secondary N) is 3. The number of halogens is 3. The maximum atomic E-state index is 12.0. The van der Waals surface area contributed by atoms with Crippen molar-refractivity contribution in [2.24, 2.45) is 0 Å². The van der Waals surface area contributed by atoms with Gasteiger partial charge in [0.2, 0.25) is 6.23 Å². The summed E-state index contributed by atoms with van der Waals surface area (Å²) < 4.78 is 36.0. The molecule has 0 spiro atoms. The van der Waals surface area contributed by atoms with Crippen LogP contribution in [0.2, 0.25) is 0 Å². The summed E-state index contributed by atoms with van der Waals surface area (Å²) in [5.41, 5.74) is 0.948. The fourth-order valence-electron chi connectivity index (χ4n) is 1.28. The first-order chi connectivity index (χ1) is 8.34. The lowest BCUT2D eigenvalue weighted by Gasteiger charge is -2.20. The van der Waals surface area contributed by atoms with Crippen LogP contribution in [-0.2, 0) is 4.79 Å². The SMILES string of the molecule is CNC(=O)C1=CC=C(CNC(O)C(F)(F)F)CN1. The van der Waals surface area contributed by atoms with Crippen LogP contribution in [0.3, 0.4) is 0 Å². The number of likely N-dealkylation sites (N-methyl/N-ethyl adjacent to an activating group) is 1. The molecule has 1 unspecified atom stereocenters. The molecule has 0 aromatic rings. The zero-order valence-electron chi connectivity index (χ0n) is 9.64. The van der Waals surface area contributed by atoms with E-state index in [1.165, 1.54) is 19.2 Å². The summed E-state index contributed by atoms with van der Waals surface area (Å²) in [4.78, 5) is 11.2. The molecule has 4 N–H and O–H groups in total. The van der Waals surface area contributed by atoms with Crippen molar-refractivity contribution in [3.63, 3.8) is 0 Å². The van der Waals surface area contributed by atoms with Gasteiger partial charge >= 0.3 is 6.18 Å². The molecule has 8 heteroatoms. The highest BCUT2D eigenvalue weighted by atomic mass is 19.4. The topological polar surface area (TPSA) is 73.4 Å². The number of carbonyl (C=O) groups is 1. The molecular weight excluding hydrogens is 251 g/mol. The molecule has 0 bridgehead atoms. The van der Waals surface area contributed by atoms with Crippen LogP contribution < -0.4 is 16.0 Å². The van der Waals surface area contributed by atoms with Gasteiger partial charge in [0.25, 0.3) is 5.91 Å². The second-order valence-electron chi connectivity index (χ2n) is 3.66. The summed E-state index contributed by atoms with van der Waals surface area (Å²) in [6, 6.07) is 0. The van der Waals surface area contributed by atoms with E-state index >= 15 is 0 Å². The highest BCUT2D eigenvalue weighted by Gasteiger charge is 2.37. The smallest absolute Gasteiger partial charge is 0.377 e. The number of alkyl halides is 3. The van der Waals surface area contributed by atoms with Crippen molar-refractivity contribution in [1.82, 2.24) is 16.0 Å². The van der Waals surface area contributed by atoms with Gasteiger partial charge in [-0.2, -0.15) is 13.2 Å². The second kappa shape index (κ2) is 5.87. The Labute approximate surface area is 102 Å². The molecule has 102 valence electrons. The predicted octanol–water partition coefficient (Wildman–Crippen LogP) is -0.384. The molecule has 1 heterocycles. The van der Waals surface area contributed by atoms with Gasteiger partial charge in [0.05, 0.1) is 0 Å². The Bertz CT molecular complexity index is 377. The minimum atomic E-state index is -4.69. The van der Waals surface area contributed by atoms with Crippen LogP contribution >= 0.6 is 0 Å². The summed E-state index contributed by atoms with van der Waals surface area (Å²) in [7, 11) is 1.48. The summed E-state index contributed by atoms with van der Waals surface area (Å²) >= 11 is 0. The first-order valence-corrected chi connectivity index (χ1v) is 5.18. The van der Waals surface area contributed by atoms with Gasteiger partial charge < -0.3 is 15.7 Å². The Hall–Kier alpha value is -1.54. The van der Waals surface area contributed by atoms with E-state index in [4.69, 9.17) is 5.11 Å². The third kappa shape index (κ3) is 4.04. The highest BCUT2D eigenvalue weighted by Crippen LogP contribution is 2.18. The third-order valence-corrected chi connectivity index (χ3v) is 2.30. The monoisotopic (exact) mass is 265 g/mol. The Morgan fingerprint density at radius 3 is 2.67 bits per heavy atom. The summed E-state index contributed by atoms with van der Waals surface area (Å²) in [5, 5.41) is 15.9. The zero-order valence-corrected chi connectivity index (χ0v) is 9.64. The van der Waals surface area contributed by atoms with Gasteiger partial charge in [0.15, 0.2) is 0 Å². The van der Waals surface area contributed by atoms with Gasteiger partial charge in [-0.15, -0.1) is 0 Å². The van der Waals surface area contributed by atoms with Crippen molar-refractivity contribution in [3.05, 3.63) is 23.4 Å². The largest absolute Gasteiger partial charge is 0.427 e. The Balaban J connectivity index is 2.49. The van der Waals surface area contributed by atoms with Crippen LogP contribution in [0.25, 0.3) is 0 Å². The Morgan fingerprint density at radius 2 is 2.22 bits per heavy atom. The predicted molar refractivity (Wildman–Crippen MR) is 58.3 cm³/mol. The van der Waals surface area contributed by atoms with Crippen molar-refractivity contribution >= 4 is 5.91 Å². The van der Waals surface area contributed by atoms with Gasteiger partial charge in [0.1, 0.15) is 5.70 Å². The number of amides is 1. The molecule has 0 aromatic carbocycles. The molecule has 0 fully saturated rings. The Kier molecular flexibility index (Phi) is 4.74. The van der Waals surface area contributed by atoms with E-state index < -0.39 is 12.4 Å². The first-order valence-electron chi connectivity index (χ1n) is 5.18. The lowest BCUT2D eigenvalue weighted by atomic mass is 10.1. The molecule has 0 aliphatic carbocycles. The minimum absolute atomic E-state index is 0.120. The number of carbonyl (C=O) groups excluding carboxylic acids is 1. The van der Waals surface area contributed by atoms with Crippen molar-refractivity contribution in [3.8, 4) is 0 Å². The van der Waals surface area contributed by atoms with Crippen LogP contribution in [0.4, 0.5) is 13.2 Å². The quantitative estimate of drug-likeness (QED) is 0.523. The first kappa shape index (κ1) is 14.5. The maximum absolute atomic E-state index is 12.0. The molecule has 1 rings (SSSR count). The van der Waals surface area contributed by atoms with E-state index in [0.29, 0.717) is 11.3 Å². The standard InChI is InChI=1S/C10H14F3N3O2/c1-14-8(17)7-3-2-6(4-15-7)5-16-9(18)10(11,12)13/h2-3,9,15-16,18H,4-5H2,1H3,(H,14,17). The summed E-state index contributed by atoms with van der Waals surface area (Å²) in [5.74, 6) is -0.298. The van der Waals surface area contributed by atoms with E-state index in [-0.39, 0.29) is 19.0 Å². The van der Waals surface area contributed by atoms with Gasteiger partial charge in [0, 0.05) is 20.1 Å². The van der Waals surface area contributed by atoms with Crippen LogP contribution in [0.1, 0.15) is 0 Å². The normalized spacial score (nSPS) is 17.4. The minimum Gasteiger partial charge on any atom is -0.377 e. The second-order valence-corrected chi connectivity index (χ2v) is 3.66. The van der Waals surface area contributed by atoms with Crippen LogP contribution in [-0.4, -0.2) is 43.6 Å². The molecule has 18 heavy (non-hydrogen) atoms. The number of aliphatic hydroxyl groups is 1. The number of dihydropyridines is 1. The average Bonchev–Trinajstić information content (AvgIpc) is 2.34. The number of allylic oxidation sites excluding steroid dienone is 2. The van der Waals surface area contributed by atoms with E-state index in [9.17, 15) is 18.0 Å². The summed E-state index contributed by atoms with van der Waals surface area (Å²) in [6.07, 6.45) is -4.23. The van der Waals surface area contributed by atoms with Crippen LogP contribution in [0.5, 0.6) is 0 Å². The van der Waals surface area contributed by atoms with Crippen molar-refractivity contribution in [2.75, 3.05) is 20.1 Å². The fraction of sp³-hybridized carbons (Fsp3) is 0.500. The molecule has 1 aliphatic rings. The fourth-order valence-corrected chi connectivity index (χ4v) is 1.28. The number of aliphatic hydroxyl groups excluding tert-OH is 1. The average molecular weight is 265 g/mol.